The molecule has 17 heavy (non-hydrogen) atoms. The Kier molecular flexibility index (Phi) is 10.5. The molecule has 0 aliphatic rings. The lowest BCUT2D eigenvalue weighted by molar-refractivity contribution is -0.140. The summed E-state index contributed by atoms with van der Waals surface area (Å²) >= 11 is 6.48. The molecule has 0 aromatic carbocycles. The second-order valence-corrected chi connectivity index (χ2v) is 6.09. The van der Waals surface area contributed by atoms with E-state index < -0.39 is 10.8 Å². The lowest BCUT2D eigenvalue weighted by Gasteiger charge is -2.05. The van der Waals surface area contributed by atoms with Crippen molar-refractivity contribution in [1.29, 1.82) is 0 Å². The molecule has 0 bridgehead atoms. The molecule has 4 nitrogen and oxygen atoms in total. The molecule has 0 radical (unpaired) electrons. The number of hydrogen-bond acceptors (Lipinski definition) is 5. The third-order valence-electron chi connectivity index (χ3n) is 1.64. The smallest absolute Gasteiger partial charge is 0.306 e. The van der Waals surface area contributed by atoms with Gasteiger partial charge in [0, 0.05) is 29.4 Å². The van der Waals surface area contributed by atoms with Crippen molar-refractivity contribution in [3.63, 3.8) is 0 Å². The van der Waals surface area contributed by atoms with Crippen LogP contribution in [-0.2, 0) is 20.3 Å². The molecule has 7 heteroatoms. The molecule has 1 N–H and O–H groups in total. The van der Waals surface area contributed by atoms with Crippen molar-refractivity contribution >= 4 is 45.1 Å². The molecule has 0 aliphatic heterocycles. The maximum Gasteiger partial charge on any atom is 0.306 e. The Balaban J connectivity index is 3.47. The zero-order chi connectivity index (χ0) is 13.1. The van der Waals surface area contributed by atoms with Crippen molar-refractivity contribution in [2.24, 2.45) is 0 Å². The van der Waals surface area contributed by atoms with Gasteiger partial charge in [-0.15, -0.1) is 0 Å². The zero-order valence-electron chi connectivity index (χ0n) is 9.93. The van der Waals surface area contributed by atoms with E-state index in [1.54, 1.807) is 11.7 Å². The Morgan fingerprint density at radius 1 is 1.59 bits per heavy atom. The predicted octanol–water partition coefficient (Wildman–Crippen LogP) is 1.44. The molecule has 98 valence electrons. The number of thiocarbonyl (C=S) groups is 1. The number of rotatable bonds is 7. The molecule has 0 amide bonds. The van der Waals surface area contributed by atoms with Crippen LogP contribution in [0.25, 0.3) is 0 Å². The molecule has 0 aromatic heterocycles. The number of carbonyl (C=O) groups is 1. The van der Waals surface area contributed by atoms with Gasteiger partial charge in [-0.3, -0.25) is 9.00 Å². The first-order valence-electron chi connectivity index (χ1n) is 5.02. The average Bonchev–Trinajstić information content (AvgIpc) is 2.27. The number of methoxy groups -OCH3 is 1. The highest BCUT2D eigenvalue weighted by molar-refractivity contribution is 8.22. The van der Waals surface area contributed by atoms with Gasteiger partial charge in [-0.05, 0) is 11.8 Å². The number of esters is 1. The van der Waals surface area contributed by atoms with Crippen LogP contribution in [0, 0.1) is 0 Å². The summed E-state index contributed by atoms with van der Waals surface area (Å²) in [7, 11) is 0.480. The molecule has 0 saturated heterocycles. The molecule has 0 fully saturated rings. The molecule has 0 saturated carbocycles. The fourth-order valence-corrected chi connectivity index (χ4v) is 2.26. The second kappa shape index (κ2) is 10.7. The SMILES string of the molecule is COC(=O)CCSC(=S)NCC/C=C/S(C)=O. The van der Waals surface area contributed by atoms with Crippen molar-refractivity contribution in [3.05, 3.63) is 11.5 Å². The van der Waals surface area contributed by atoms with Crippen LogP contribution in [-0.4, -0.2) is 40.2 Å². The van der Waals surface area contributed by atoms with Crippen LogP contribution >= 0.6 is 24.0 Å². The van der Waals surface area contributed by atoms with Crippen molar-refractivity contribution in [1.82, 2.24) is 5.32 Å². The summed E-state index contributed by atoms with van der Waals surface area (Å²) in [5, 5.41) is 4.69. The minimum absolute atomic E-state index is 0.228. The largest absolute Gasteiger partial charge is 0.469 e. The van der Waals surface area contributed by atoms with Crippen LogP contribution < -0.4 is 5.32 Å². The Bertz CT molecular complexity index is 305. The van der Waals surface area contributed by atoms with Gasteiger partial charge in [-0.2, -0.15) is 0 Å². The van der Waals surface area contributed by atoms with Crippen molar-refractivity contribution < 1.29 is 13.7 Å². The highest BCUT2D eigenvalue weighted by atomic mass is 32.2. The van der Waals surface area contributed by atoms with E-state index in [2.05, 4.69) is 10.1 Å². The van der Waals surface area contributed by atoms with Gasteiger partial charge in [0.05, 0.1) is 13.5 Å². The summed E-state index contributed by atoms with van der Waals surface area (Å²) in [5.74, 6) is 0.390. The molecule has 0 spiro atoms. The van der Waals surface area contributed by atoms with Gasteiger partial charge in [0.15, 0.2) is 0 Å². The Morgan fingerprint density at radius 3 is 2.88 bits per heavy atom. The van der Waals surface area contributed by atoms with Gasteiger partial charge >= 0.3 is 5.97 Å². The van der Waals surface area contributed by atoms with Gasteiger partial charge in [-0.1, -0.05) is 30.1 Å². The monoisotopic (exact) mass is 295 g/mol. The van der Waals surface area contributed by atoms with Crippen LogP contribution in [0.3, 0.4) is 0 Å². The molecule has 1 unspecified atom stereocenters. The van der Waals surface area contributed by atoms with Crippen LogP contribution in [0.5, 0.6) is 0 Å². The highest BCUT2D eigenvalue weighted by Crippen LogP contribution is 2.04. The minimum Gasteiger partial charge on any atom is -0.469 e. The van der Waals surface area contributed by atoms with Crippen LogP contribution in [0.2, 0.25) is 0 Å². The number of nitrogens with one attached hydrogen (secondary N) is 1. The van der Waals surface area contributed by atoms with E-state index in [-0.39, 0.29) is 5.97 Å². The summed E-state index contributed by atoms with van der Waals surface area (Å²) < 4.78 is 15.9. The van der Waals surface area contributed by atoms with Crippen LogP contribution in [0.4, 0.5) is 0 Å². The number of carbonyl (C=O) groups excluding carboxylic acids is 1. The third-order valence-corrected chi connectivity index (χ3v) is 3.52. The van der Waals surface area contributed by atoms with Crippen LogP contribution in [0.1, 0.15) is 12.8 Å². The van der Waals surface area contributed by atoms with Crippen LogP contribution in [0.15, 0.2) is 11.5 Å². The van der Waals surface area contributed by atoms with Crippen molar-refractivity contribution in [2.75, 3.05) is 25.7 Å². The van der Waals surface area contributed by atoms with Crippen molar-refractivity contribution in [2.45, 2.75) is 12.8 Å². The summed E-state index contributed by atoms with van der Waals surface area (Å²) in [5.41, 5.74) is 0. The van der Waals surface area contributed by atoms with E-state index in [0.29, 0.717) is 23.0 Å². The molecular weight excluding hydrogens is 278 g/mol. The molecule has 0 heterocycles. The molecule has 0 rings (SSSR count). The number of ether oxygens (including phenoxy) is 1. The summed E-state index contributed by atoms with van der Waals surface area (Å²) in [6.07, 6.45) is 4.61. The minimum atomic E-state index is -0.889. The zero-order valence-corrected chi connectivity index (χ0v) is 12.4. The van der Waals surface area contributed by atoms with Gasteiger partial charge in [-0.25, -0.2) is 0 Å². The quantitative estimate of drug-likeness (QED) is 0.436. The van der Waals surface area contributed by atoms with Crippen molar-refractivity contribution in [3.8, 4) is 0 Å². The first-order valence-corrected chi connectivity index (χ1v) is 8.04. The van der Waals surface area contributed by atoms with E-state index >= 15 is 0 Å². The van der Waals surface area contributed by atoms with Gasteiger partial charge in [0.1, 0.15) is 4.32 Å². The topological polar surface area (TPSA) is 55.4 Å². The Hall–Kier alpha value is -0.400. The lowest BCUT2D eigenvalue weighted by atomic mass is 10.4. The normalized spacial score (nSPS) is 12.4. The Morgan fingerprint density at radius 2 is 2.29 bits per heavy atom. The number of thioether (sulfide) groups is 1. The summed E-state index contributed by atoms with van der Waals surface area (Å²) in [4.78, 5) is 10.8. The average molecular weight is 295 g/mol. The molecule has 1 atom stereocenters. The number of hydrogen-bond donors (Lipinski definition) is 1. The fraction of sp³-hybridized carbons (Fsp3) is 0.600. The predicted molar refractivity (Wildman–Crippen MR) is 77.5 cm³/mol. The third kappa shape index (κ3) is 11.9. The van der Waals surface area contributed by atoms with E-state index in [1.165, 1.54) is 18.9 Å². The lowest BCUT2D eigenvalue weighted by Crippen LogP contribution is -2.19. The molecule has 0 aromatic rings. The first kappa shape index (κ1) is 16.6. The maximum absolute atomic E-state index is 10.8. The van der Waals surface area contributed by atoms with E-state index in [9.17, 15) is 9.00 Å². The van der Waals surface area contributed by atoms with Gasteiger partial charge in [0.2, 0.25) is 0 Å². The van der Waals surface area contributed by atoms with Gasteiger partial charge < -0.3 is 10.1 Å². The fourth-order valence-electron chi connectivity index (χ4n) is 0.841. The van der Waals surface area contributed by atoms with E-state index in [1.807, 2.05) is 6.08 Å². The van der Waals surface area contributed by atoms with E-state index in [4.69, 9.17) is 12.2 Å². The Labute approximate surface area is 114 Å². The first-order chi connectivity index (χ1) is 8.06. The van der Waals surface area contributed by atoms with E-state index in [0.717, 1.165) is 6.42 Å². The highest BCUT2D eigenvalue weighted by Gasteiger charge is 2.01. The standard InChI is InChI=1S/C10H17NO3S3/c1-14-9(12)5-7-16-10(15)11-6-3-4-8-17(2)13/h4,8H,3,5-7H2,1-2H3,(H,11,15)/b8-4+. The molecular formula is C10H17NO3S3. The van der Waals surface area contributed by atoms with Gasteiger partial charge in [0.25, 0.3) is 0 Å². The second-order valence-electron chi connectivity index (χ2n) is 3.05. The molecule has 0 aliphatic carbocycles. The maximum atomic E-state index is 10.8. The summed E-state index contributed by atoms with van der Waals surface area (Å²) in [6.45, 7) is 0.706. The summed E-state index contributed by atoms with van der Waals surface area (Å²) in [6, 6.07) is 0.